The van der Waals surface area contributed by atoms with Gasteiger partial charge in [-0.3, -0.25) is 34.1 Å². The molecule has 0 saturated heterocycles. The first-order valence-electron chi connectivity index (χ1n) is 9.62. The normalized spacial score (nSPS) is 12.2. The molecular formula is C20H22ClN2O9P. The van der Waals surface area contributed by atoms with E-state index < -0.39 is 47.4 Å². The molecule has 0 aromatic heterocycles. The Bertz CT molecular complexity index is 1120. The van der Waals surface area contributed by atoms with E-state index in [1.807, 2.05) is 0 Å². The lowest BCUT2D eigenvalue weighted by Gasteiger charge is -2.16. The summed E-state index contributed by atoms with van der Waals surface area (Å²) in [4.78, 5) is 33.3. The van der Waals surface area contributed by atoms with Crippen molar-refractivity contribution in [2.24, 2.45) is 5.41 Å². The molecular weight excluding hydrogens is 479 g/mol. The largest absolute Gasteiger partial charge is 0.450 e. The predicted molar refractivity (Wildman–Crippen MR) is 121 cm³/mol. The first-order valence-corrected chi connectivity index (χ1v) is 11.3. The molecule has 2 aromatic carbocycles. The first kappa shape index (κ1) is 26.2. The van der Waals surface area contributed by atoms with Crippen molar-refractivity contribution in [1.82, 2.24) is 0 Å². The summed E-state index contributed by atoms with van der Waals surface area (Å²) in [6.45, 7) is 5.89. The summed E-state index contributed by atoms with van der Waals surface area (Å²) >= 11 is 5.82. The van der Waals surface area contributed by atoms with E-state index in [2.05, 4.69) is 0 Å². The van der Waals surface area contributed by atoms with E-state index in [0.717, 1.165) is 12.1 Å². The molecule has 0 bridgehead atoms. The van der Waals surface area contributed by atoms with Crippen molar-refractivity contribution < 1.29 is 33.2 Å². The van der Waals surface area contributed by atoms with Crippen molar-refractivity contribution in [2.45, 2.75) is 34.1 Å². The monoisotopic (exact) mass is 500 g/mol. The molecule has 178 valence electrons. The second kappa shape index (κ2) is 10.7. The quantitative estimate of drug-likeness (QED) is 0.149. The van der Waals surface area contributed by atoms with Crippen molar-refractivity contribution in [2.75, 3.05) is 6.79 Å². The fourth-order valence-electron chi connectivity index (χ4n) is 2.57. The Hall–Kier alpha value is -3.01. The van der Waals surface area contributed by atoms with Crippen LogP contribution in [0.25, 0.3) is 0 Å². The zero-order valence-electron chi connectivity index (χ0n) is 18.2. The number of benzene rings is 2. The Morgan fingerprint density at radius 2 is 1.70 bits per heavy atom. The van der Waals surface area contributed by atoms with Crippen LogP contribution in [0.1, 0.15) is 33.3 Å². The third kappa shape index (κ3) is 6.74. The number of hydrogen-bond donors (Lipinski definition) is 0. The van der Waals surface area contributed by atoms with Gasteiger partial charge >= 0.3 is 11.7 Å². The summed E-state index contributed by atoms with van der Waals surface area (Å²) in [5.41, 5.74) is -1.36. The van der Waals surface area contributed by atoms with Gasteiger partial charge in [-0.1, -0.05) is 18.5 Å². The van der Waals surface area contributed by atoms with Gasteiger partial charge in [0.25, 0.3) is 5.69 Å². The van der Waals surface area contributed by atoms with E-state index >= 15 is 0 Å². The van der Waals surface area contributed by atoms with E-state index in [4.69, 9.17) is 25.6 Å². The van der Waals surface area contributed by atoms with Gasteiger partial charge in [-0.2, -0.15) is 0 Å². The number of nitro benzene ring substituents is 2. The summed E-state index contributed by atoms with van der Waals surface area (Å²) in [6.07, 6.45) is 0.281. The van der Waals surface area contributed by atoms with Crippen LogP contribution in [-0.4, -0.2) is 22.6 Å². The van der Waals surface area contributed by atoms with Gasteiger partial charge in [0.05, 0.1) is 15.3 Å². The summed E-state index contributed by atoms with van der Waals surface area (Å²) in [5, 5.41) is 22.7. The Morgan fingerprint density at radius 1 is 1.06 bits per heavy atom. The molecule has 1 unspecified atom stereocenters. The van der Waals surface area contributed by atoms with Crippen molar-refractivity contribution >= 4 is 42.3 Å². The third-order valence-corrected chi connectivity index (χ3v) is 5.76. The Kier molecular flexibility index (Phi) is 8.54. The van der Waals surface area contributed by atoms with Gasteiger partial charge in [-0.25, -0.2) is 0 Å². The number of rotatable bonds is 9. The Morgan fingerprint density at radius 3 is 2.24 bits per heavy atom. The van der Waals surface area contributed by atoms with Crippen LogP contribution < -0.4 is 10.0 Å². The second-order valence-corrected chi connectivity index (χ2v) is 9.63. The van der Waals surface area contributed by atoms with Crippen LogP contribution in [-0.2, 0) is 25.0 Å². The third-order valence-electron chi connectivity index (χ3n) is 4.31. The number of nitro groups is 2. The smallest absolute Gasteiger partial charge is 0.313 e. The zero-order valence-corrected chi connectivity index (χ0v) is 20.0. The number of nitrogens with zero attached hydrogens (tertiary/aromatic N) is 2. The summed E-state index contributed by atoms with van der Waals surface area (Å²) in [6, 6.07) is 6.08. The molecule has 0 aliphatic carbocycles. The van der Waals surface area contributed by atoms with Crippen molar-refractivity contribution in [3.63, 3.8) is 0 Å². The van der Waals surface area contributed by atoms with Crippen LogP contribution >= 0.6 is 19.6 Å². The number of halogens is 1. The van der Waals surface area contributed by atoms with E-state index in [1.54, 1.807) is 27.7 Å². The molecule has 2 aromatic rings. The van der Waals surface area contributed by atoms with Gasteiger partial charge in [0, 0.05) is 28.8 Å². The highest BCUT2D eigenvalue weighted by atomic mass is 35.5. The number of carbonyl (C=O) groups excluding carboxylic acids is 1. The summed E-state index contributed by atoms with van der Waals surface area (Å²) in [5.74, 6) is -0.733. The standard InChI is InChI=1S/C20H22ClN2O9P/c1-5-12-8-15(23(27)28)18(33(29)31-11-30-19(24)20(2,3)4)10-17(12)32-16-7-6-13(21)9-14(16)22(25)26/h6-10,33H,5,11H2,1-4H3. The minimum Gasteiger partial charge on any atom is -0.450 e. The number of carbonyl (C=O) groups is 1. The van der Waals surface area contributed by atoms with E-state index in [-0.39, 0.29) is 28.2 Å². The number of aryl methyl sites for hydroxylation is 1. The number of hydrogen-bond acceptors (Lipinski definition) is 9. The van der Waals surface area contributed by atoms with E-state index in [9.17, 15) is 29.6 Å². The minimum absolute atomic E-state index is 0.0251. The molecule has 11 nitrogen and oxygen atoms in total. The first-order chi connectivity index (χ1) is 15.3. The molecule has 0 spiro atoms. The second-order valence-electron chi connectivity index (χ2n) is 7.79. The maximum atomic E-state index is 12.7. The molecule has 0 heterocycles. The molecule has 0 fully saturated rings. The lowest BCUT2D eigenvalue weighted by Crippen LogP contribution is -2.23. The van der Waals surface area contributed by atoms with E-state index in [0.29, 0.717) is 5.56 Å². The van der Waals surface area contributed by atoms with Crippen LogP contribution in [0.3, 0.4) is 0 Å². The molecule has 13 heteroatoms. The molecule has 0 amide bonds. The van der Waals surface area contributed by atoms with Crippen LogP contribution in [0.2, 0.25) is 5.02 Å². The lowest BCUT2D eigenvalue weighted by molar-refractivity contribution is -0.385. The molecule has 0 aliphatic heterocycles. The molecule has 33 heavy (non-hydrogen) atoms. The topological polar surface area (TPSA) is 148 Å². The van der Waals surface area contributed by atoms with Crippen LogP contribution in [0, 0.1) is 25.6 Å². The highest BCUT2D eigenvalue weighted by Crippen LogP contribution is 2.38. The average Bonchev–Trinajstić information content (AvgIpc) is 2.73. The SMILES string of the molecule is CCc1cc([N+](=O)[O-])c([PH](=O)OCOC(=O)C(C)(C)C)cc1Oc1ccc(Cl)cc1[N+](=O)[O-]. The van der Waals surface area contributed by atoms with E-state index in [1.165, 1.54) is 18.2 Å². The van der Waals surface area contributed by atoms with Gasteiger partial charge < -0.3 is 9.47 Å². The van der Waals surface area contributed by atoms with Gasteiger partial charge in [0.2, 0.25) is 13.8 Å². The van der Waals surface area contributed by atoms with Crippen molar-refractivity contribution in [1.29, 1.82) is 0 Å². The lowest BCUT2D eigenvalue weighted by atomic mass is 9.98. The Balaban J connectivity index is 2.41. The zero-order chi connectivity index (χ0) is 24.9. The maximum Gasteiger partial charge on any atom is 0.313 e. The highest BCUT2D eigenvalue weighted by molar-refractivity contribution is 7.48. The number of esters is 1. The molecule has 0 aliphatic rings. The molecule has 0 radical (unpaired) electrons. The number of ether oxygens (including phenoxy) is 2. The summed E-state index contributed by atoms with van der Waals surface area (Å²) < 4.78 is 28.3. The highest BCUT2D eigenvalue weighted by Gasteiger charge is 2.27. The van der Waals surface area contributed by atoms with Crippen LogP contribution in [0.15, 0.2) is 30.3 Å². The van der Waals surface area contributed by atoms with Crippen LogP contribution in [0.5, 0.6) is 11.5 Å². The average molecular weight is 501 g/mol. The fourth-order valence-corrected chi connectivity index (χ4v) is 3.68. The van der Waals surface area contributed by atoms with Crippen molar-refractivity contribution in [3.05, 3.63) is 61.1 Å². The maximum absolute atomic E-state index is 12.7. The molecule has 0 saturated carbocycles. The summed E-state index contributed by atoms with van der Waals surface area (Å²) in [7, 11) is -3.26. The molecule has 1 atom stereocenters. The predicted octanol–water partition coefficient (Wildman–Crippen LogP) is 5.17. The fraction of sp³-hybridized carbons (Fsp3) is 0.350. The van der Waals surface area contributed by atoms with Gasteiger partial charge in [0.1, 0.15) is 11.1 Å². The van der Waals surface area contributed by atoms with Crippen molar-refractivity contribution in [3.8, 4) is 11.5 Å². The molecule has 2 rings (SSSR count). The Labute approximate surface area is 194 Å². The molecule has 0 N–H and O–H groups in total. The van der Waals surface area contributed by atoms with Gasteiger partial charge in [0.15, 0.2) is 6.79 Å². The minimum atomic E-state index is -3.26. The van der Waals surface area contributed by atoms with Crippen LogP contribution in [0.4, 0.5) is 11.4 Å². The van der Waals surface area contributed by atoms with Gasteiger partial charge in [-0.05, 0) is 39.3 Å². The van der Waals surface area contributed by atoms with Gasteiger partial charge in [-0.15, -0.1) is 0 Å².